The highest BCUT2D eigenvalue weighted by molar-refractivity contribution is 5.77. The summed E-state index contributed by atoms with van der Waals surface area (Å²) in [5.41, 5.74) is 1.99. The van der Waals surface area contributed by atoms with E-state index >= 15 is 0 Å². The smallest absolute Gasteiger partial charge is 0.258 e. The molecule has 1 N–H and O–H groups in total. The van der Waals surface area contributed by atoms with Gasteiger partial charge < -0.3 is 4.98 Å². The molecule has 4 saturated carbocycles. The quantitative estimate of drug-likeness (QED) is 0.512. The van der Waals surface area contributed by atoms with Gasteiger partial charge in [-0.25, -0.2) is 4.98 Å². The van der Waals surface area contributed by atoms with Gasteiger partial charge in [-0.05, 0) is 116 Å². The molecule has 1 aromatic heterocycles. The number of nitrogens with one attached hydrogen (secondary N) is 1. The highest BCUT2D eigenvalue weighted by Crippen LogP contribution is 2.68. The van der Waals surface area contributed by atoms with Crippen molar-refractivity contribution in [2.75, 3.05) is 0 Å². The average Bonchev–Trinajstić information content (AvgIpc) is 3.19. The van der Waals surface area contributed by atoms with E-state index in [9.17, 15) is 4.79 Å². The van der Waals surface area contributed by atoms with E-state index in [1.54, 1.807) is 0 Å². The zero-order valence-electron chi connectivity index (χ0n) is 21.6. The molecule has 4 fully saturated rings. The molecule has 3 nitrogen and oxygen atoms in total. The van der Waals surface area contributed by atoms with E-state index in [0.29, 0.717) is 22.1 Å². The minimum absolute atomic E-state index is 0.00581. The first-order valence-electron chi connectivity index (χ1n) is 14.4. The van der Waals surface area contributed by atoms with Gasteiger partial charge in [0.15, 0.2) is 0 Å². The number of fused-ring (bicyclic) bond motifs is 6. The standard InChI is InChI=1S/C31H44N2O/c1-20(11-16-28-32-27-10-5-4-9-23(27)29(34)33-28)24-14-15-25-22-13-12-21-8-6-7-18-30(21,2)26(22)17-19-31(24,25)3/h4-5,9-10,20-22,24-26H,6-8,11-19H2,1-3H3,(H,32,33,34)/t20-,21?,22?,24-,25?,26?,30?,31?/m1/s1. The van der Waals surface area contributed by atoms with Crippen molar-refractivity contribution in [1.29, 1.82) is 0 Å². The second kappa shape index (κ2) is 8.49. The summed E-state index contributed by atoms with van der Waals surface area (Å²) in [6.45, 7) is 7.86. The monoisotopic (exact) mass is 460 g/mol. The number of aromatic amines is 1. The first-order valence-corrected chi connectivity index (χ1v) is 14.4. The molecule has 184 valence electrons. The minimum atomic E-state index is 0.00581. The van der Waals surface area contributed by atoms with E-state index in [2.05, 4.69) is 25.8 Å². The molecule has 4 aliphatic rings. The van der Waals surface area contributed by atoms with Crippen molar-refractivity contribution < 1.29 is 0 Å². The highest BCUT2D eigenvalue weighted by Gasteiger charge is 2.60. The molecule has 0 saturated heterocycles. The van der Waals surface area contributed by atoms with E-state index in [-0.39, 0.29) is 5.56 Å². The Morgan fingerprint density at radius 2 is 1.79 bits per heavy atom. The molecule has 6 rings (SSSR count). The molecule has 0 radical (unpaired) electrons. The summed E-state index contributed by atoms with van der Waals surface area (Å²) < 4.78 is 0. The summed E-state index contributed by atoms with van der Waals surface area (Å²) in [6, 6.07) is 7.71. The average molecular weight is 461 g/mol. The van der Waals surface area contributed by atoms with Crippen molar-refractivity contribution >= 4 is 10.9 Å². The van der Waals surface area contributed by atoms with Gasteiger partial charge in [-0.15, -0.1) is 0 Å². The molecule has 1 heterocycles. The Balaban J connectivity index is 1.16. The second-order valence-electron chi connectivity index (χ2n) is 13.2. The van der Waals surface area contributed by atoms with Crippen LogP contribution in [0.1, 0.15) is 97.2 Å². The molecule has 0 bridgehead atoms. The van der Waals surface area contributed by atoms with Crippen molar-refractivity contribution in [2.45, 2.75) is 97.8 Å². The van der Waals surface area contributed by atoms with E-state index in [0.717, 1.165) is 53.8 Å². The van der Waals surface area contributed by atoms with Crippen LogP contribution in [0.2, 0.25) is 0 Å². The third-order valence-corrected chi connectivity index (χ3v) is 11.8. The lowest BCUT2D eigenvalue weighted by Crippen LogP contribution is -2.53. The van der Waals surface area contributed by atoms with Gasteiger partial charge in [-0.2, -0.15) is 0 Å². The topological polar surface area (TPSA) is 45.8 Å². The molecule has 2 aromatic rings. The van der Waals surface area contributed by atoms with Gasteiger partial charge in [0.25, 0.3) is 5.56 Å². The number of benzene rings is 1. The van der Waals surface area contributed by atoms with Crippen LogP contribution in [0.25, 0.3) is 10.9 Å². The summed E-state index contributed by atoms with van der Waals surface area (Å²) in [4.78, 5) is 20.3. The van der Waals surface area contributed by atoms with Gasteiger partial charge in [0.05, 0.1) is 10.9 Å². The van der Waals surface area contributed by atoms with E-state index in [1.807, 2.05) is 24.3 Å². The van der Waals surface area contributed by atoms with Crippen LogP contribution < -0.4 is 5.56 Å². The lowest BCUT2D eigenvalue weighted by Gasteiger charge is -2.61. The maximum Gasteiger partial charge on any atom is 0.258 e. The number of aryl methyl sites for hydroxylation is 1. The predicted octanol–water partition coefficient (Wildman–Crippen LogP) is 7.54. The first-order chi connectivity index (χ1) is 16.4. The number of H-pyrrole nitrogens is 1. The molecule has 0 amide bonds. The Morgan fingerprint density at radius 1 is 0.971 bits per heavy atom. The first kappa shape index (κ1) is 22.8. The van der Waals surface area contributed by atoms with E-state index < -0.39 is 0 Å². The van der Waals surface area contributed by atoms with Gasteiger partial charge >= 0.3 is 0 Å². The number of nitrogens with zero attached hydrogens (tertiary/aromatic N) is 1. The predicted molar refractivity (Wildman–Crippen MR) is 140 cm³/mol. The van der Waals surface area contributed by atoms with Crippen LogP contribution in [0.5, 0.6) is 0 Å². The lowest BCUT2D eigenvalue weighted by molar-refractivity contribution is -0.114. The van der Waals surface area contributed by atoms with Crippen molar-refractivity contribution in [3.63, 3.8) is 0 Å². The maximum atomic E-state index is 12.5. The third kappa shape index (κ3) is 3.51. The lowest BCUT2D eigenvalue weighted by atomic mass is 9.44. The fraction of sp³-hybridized carbons (Fsp3) is 0.742. The van der Waals surface area contributed by atoms with Crippen LogP contribution in [0, 0.1) is 46.3 Å². The fourth-order valence-electron chi connectivity index (χ4n) is 10.1. The fourth-order valence-corrected chi connectivity index (χ4v) is 10.1. The summed E-state index contributed by atoms with van der Waals surface area (Å²) in [5, 5.41) is 0.698. The third-order valence-electron chi connectivity index (χ3n) is 11.8. The van der Waals surface area contributed by atoms with Crippen LogP contribution in [0.15, 0.2) is 29.1 Å². The molecule has 1 aromatic carbocycles. The number of hydrogen-bond acceptors (Lipinski definition) is 2. The molecule has 6 unspecified atom stereocenters. The Morgan fingerprint density at radius 3 is 2.68 bits per heavy atom. The van der Waals surface area contributed by atoms with E-state index in [4.69, 9.17) is 4.98 Å². The Kier molecular flexibility index (Phi) is 5.69. The van der Waals surface area contributed by atoms with Gasteiger partial charge in [0.2, 0.25) is 0 Å². The number of hydrogen-bond donors (Lipinski definition) is 1. The summed E-state index contributed by atoms with van der Waals surface area (Å²) in [5.74, 6) is 6.30. The highest BCUT2D eigenvalue weighted by atomic mass is 16.1. The van der Waals surface area contributed by atoms with E-state index in [1.165, 1.54) is 64.2 Å². The molecule has 0 aliphatic heterocycles. The zero-order valence-corrected chi connectivity index (χ0v) is 21.6. The SMILES string of the molecule is C[C@H](CCc1nc2ccccc2c(=O)[nH]1)[C@H]1CCC2C3CCC4CCCCC4(C)C3CCC21C. The number of aromatic nitrogens is 2. The van der Waals surface area contributed by atoms with Crippen LogP contribution in [-0.2, 0) is 6.42 Å². The molecular weight excluding hydrogens is 416 g/mol. The van der Waals surface area contributed by atoms with Gasteiger partial charge in [0, 0.05) is 6.42 Å². The maximum absolute atomic E-state index is 12.5. The number of para-hydroxylation sites is 1. The molecule has 3 heteroatoms. The Labute approximate surface area is 205 Å². The van der Waals surface area contributed by atoms with Crippen molar-refractivity contribution in [2.24, 2.45) is 46.3 Å². The van der Waals surface area contributed by atoms with Crippen LogP contribution in [0.3, 0.4) is 0 Å². The molecule has 0 spiro atoms. The summed E-state index contributed by atoms with van der Waals surface area (Å²) in [7, 11) is 0. The Hall–Kier alpha value is -1.64. The Bertz CT molecular complexity index is 1110. The van der Waals surface area contributed by atoms with Crippen LogP contribution in [0.4, 0.5) is 0 Å². The molecule has 34 heavy (non-hydrogen) atoms. The van der Waals surface area contributed by atoms with Crippen LogP contribution in [-0.4, -0.2) is 9.97 Å². The summed E-state index contributed by atoms with van der Waals surface area (Å²) >= 11 is 0. The molecular formula is C31H44N2O. The summed E-state index contributed by atoms with van der Waals surface area (Å²) in [6.07, 6.45) is 16.8. The minimum Gasteiger partial charge on any atom is -0.310 e. The van der Waals surface area contributed by atoms with Crippen molar-refractivity contribution in [3.8, 4) is 0 Å². The number of rotatable bonds is 4. The molecule has 8 atom stereocenters. The molecule has 4 aliphatic carbocycles. The van der Waals surface area contributed by atoms with Gasteiger partial charge in [0.1, 0.15) is 5.82 Å². The second-order valence-corrected chi connectivity index (χ2v) is 13.2. The largest absolute Gasteiger partial charge is 0.310 e. The van der Waals surface area contributed by atoms with Gasteiger partial charge in [-0.3, -0.25) is 4.79 Å². The van der Waals surface area contributed by atoms with Gasteiger partial charge in [-0.1, -0.05) is 45.7 Å². The normalized spacial score (nSPS) is 40.4. The van der Waals surface area contributed by atoms with Crippen molar-refractivity contribution in [3.05, 3.63) is 40.4 Å². The van der Waals surface area contributed by atoms with Crippen molar-refractivity contribution in [1.82, 2.24) is 9.97 Å². The zero-order chi connectivity index (χ0) is 23.5. The van der Waals surface area contributed by atoms with Crippen LogP contribution >= 0.6 is 0 Å².